The summed E-state index contributed by atoms with van der Waals surface area (Å²) in [5.74, 6) is -0.368. The zero-order valence-corrected chi connectivity index (χ0v) is 16.0. The van der Waals surface area contributed by atoms with Gasteiger partial charge in [-0.2, -0.15) is 0 Å². The van der Waals surface area contributed by atoms with E-state index in [2.05, 4.69) is 21.7 Å². The molecular weight excluding hydrogens is 350 g/mol. The molecule has 0 bridgehead atoms. The van der Waals surface area contributed by atoms with Gasteiger partial charge in [-0.05, 0) is 51.9 Å². The van der Waals surface area contributed by atoms with Gasteiger partial charge in [0.15, 0.2) is 0 Å². The number of carbonyl (C=O) groups excluding carboxylic acids is 2. The molecule has 0 saturated heterocycles. The highest BCUT2D eigenvalue weighted by atomic mass is 32.1. The molecule has 1 aromatic rings. The summed E-state index contributed by atoms with van der Waals surface area (Å²) >= 11 is 1.30. The van der Waals surface area contributed by atoms with Gasteiger partial charge in [-0.15, -0.1) is 11.3 Å². The zero-order valence-electron chi connectivity index (χ0n) is 15.2. The molecule has 2 amide bonds. The number of carbonyl (C=O) groups is 2. The average Bonchev–Trinajstić information content (AvgIpc) is 3.08. The van der Waals surface area contributed by atoms with Crippen LogP contribution < -0.4 is 10.6 Å². The minimum absolute atomic E-state index is 0.0126. The minimum Gasteiger partial charge on any atom is -0.391 e. The maximum absolute atomic E-state index is 12.4. The van der Waals surface area contributed by atoms with E-state index >= 15 is 0 Å². The zero-order chi connectivity index (χ0) is 18.5. The topological polar surface area (TPSA) is 91.3 Å². The number of rotatable bonds is 5. The molecule has 2 aliphatic rings. The molecule has 26 heavy (non-hydrogen) atoms. The van der Waals surface area contributed by atoms with Crippen LogP contribution in [0.5, 0.6) is 0 Å². The third-order valence-corrected chi connectivity index (χ3v) is 6.26. The Labute approximate surface area is 158 Å². The van der Waals surface area contributed by atoms with Crippen LogP contribution in [0.2, 0.25) is 0 Å². The Kier molecular flexibility index (Phi) is 6.43. The smallest absolute Gasteiger partial charge is 0.263 e. The third kappa shape index (κ3) is 4.71. The van der Waals surface area contributed by atoms with Crippen molar-refractivity contribution in [3.05, 3.63) is 27.7 Å². The summed E-state index contributed by atoms with van der Waals surface area (Å²) in [6.45, 7) is 2.42. The Morgan fingerprint density at radius 1 is 1.35 bits per heavy atom. The number of hydrogen-bond donors (Lipinski definition) is 3. The molecular formula is C19H27N3O3S. The van der Waals surface area contributed by atoms with Gasteiger partial charge in [-0.25, -0.2) is 4.98 Å². The maximum atomic E-state index is 12.4. The molecule has 2 aliphatic carbocycles. The van der Waals surface area contributed by atoms with Gasteiger partial charge in [0, 0.05) is 12.5 Å². The van der Waals surface area contributed by atoms with E-state index in [-0.39, 0.29) is 23.8 Å². The van der Waals surface area contributed by atoms with Crippen LogP contribution in [0.3, 0.4) is 0 Å². The van der Waals surface area contributed by atoms with Crippen LogP contribution in [-0.2, 0) is 4.79 Å². The molecule has 1 saturated carbocycles. The number of hydrogen-bond acceptors (Lipinski definition) is 5. The van der Waals surface area contributed by atoms with Gasteiger partial charge in [-0.1, -0.05) is 11.6 Å². The summed E-state index contributed by atoms with van der Waals surface area (Å²) in [6, 6.07) is -0.311. The fraction of sp³-hybridized carbons (Fsp3) is 0.632. The summed E-state index contributed by atoms with van der Waals surface area (Å²) in [4.78, 5) is 29.4. The molecule has 0 aromatic carbocycles. The normalized spacial score (nSPS) is 26.1. The number of nitrogens with zero attached hydrogens (tertiary/aromatic N) is 1. The fourth-order valence-electron chi connectivity index (χ4n) is 3.72. The molecule has 3 atom stereocenters. The van der Waals surface area contributed by atoms with Crippen LogP contribution >= 0.6 is 11.3 Å². The number of thiazole rings is 1. The number of allylic oxidation sites excluding steroid dienone is 1. The van der Waals surface area contributed by atoms with E-state index < -0.39 is 6.10 Å². The van der Waals surface area contributed by atoms with Crippen molar-refractivity contribution in [1.82, 2.24) is 15.6 Å². The Morgan fingerprint density at radius 3 is 2.85 bits per heavy atom. The molecule has 0 radical (unpaired) electrons. The first-order chi connectivity index (χ1) is 12.5. The lowest BCUT2D eigenvalue weighted by Crippen LogP contribution is -2.49. The second-order valence-corrected chi connectivity index (χ2v) is 8.10. The highest BCUT2D eigenvalue weighted by Crippen LogP contribution is 2.26. The summed E-state index contributed by atoms with van der Waals surface area (Å²) < 4.78 is 0. The number of aliphatic hydroxyl groups excluding tert-OH is 1. The molecule has 1 fully saturated rings. The lowest BCUT2D eigenvalue weighted by Gasteiger charge is -2.33. The fourth-order valence-corrected chi connectivity index (χ4v) is 4.42. The van der Waals surface area contributed by atoms with Crippen LogP contribution in [0.1, 0.15) is 60.3 Å². The number of nitrogens with one attached hydrogen (secondary N) is 2. The molecule has 142 valence electrons. The lowest BCUT2D eigenvalue weighted by molar-refractivity contribution is -0.127. The summed E-state index contributed by atoms with van der Waals surface area (Å²) in [7, 11) is 0. The van der Waals surface area contributed by atoms with Crippen molar-refractivity contribution in [2.24, 2.45) is 5.92 Å². The van der Waals surface area contributed by atoms with Gasteiger partial charge in [0.2, 0.25) is 5.91 Å². The SMILES string of the molecule is Cc1ncsc1C(=O)N[C@H]1CC[C@H](C(=O)NCC2=CCCCC2)C[C@@H]1O. The van der Waals surface area contributed by atoms with Crippen molar-refractivity contribution in [2.45, 2.75) is 64.0 Å². The second-order valence-electron chi connectivity index (χ2n) is 7.25. The van der Waals surface area contributed by atoms with Crippen molar-refractivity contribution in [3.8, 4) is 0 Å². The molecule has 3 rings (SSSR count). The molecule has 0 spiro atoms. The number of aliphatic hydroxyl groups is 1. The highest BCUT2D eigenvalue weighted by molar-refractivity contribution is 7.11. The molecule has 0 aliphatic heterocycles. The largest absolute Gasteiger partial charge is 0.391 e. The molecule has 6 nitrogen and oxygen atoms in total. The van der Waals surface area contributed by atoms with Crippen LogP contribution in [0, 0.1) is 12.8 Å². The third-order valence-electron chi connectivity index (χ3n) is 5.33. The predicted molar refractivity (Wildman–Crippen MR) is 101 cm³/mol. The molecule has 1 heterocycles. The molecule has 0 unspecified atom stereocenters. The second kappa shape index (κ2) is 8.77. The van der Waals surface area contributed by atoms with Gasteiger partial charge >= 0.3 is 0 Å². The van der Waals surface area contributed by atoms with Crippen LogP contribution in [0.4, 0.5) is 0 Å². The van der Waals surface area contributed by atoms with E-state index in [1.165, 1.54) is 29.8 Å². The maximum Gasteiger partial charge on any atom is 0.263 e. The molecule has 1 aromatic heterocycles. The van der Waals surface area contributed by atoms with E-state index in [4.69, 9.17) is 0 Å². The Hall–Kier alpha value is -1.73. The van der Waals surface area contributed by atoms with Crippen molar-refractivity contribution < 1.29 is 14.7 Å². The van der Waals surface area contributed by atoms with Gasteiger partial charge in [0.05, 0.1) is 23.4 Å². The number of aryl methyl sites for hydroxylation is 1. The molecule has 7 heteroatoms. The van der Waals surface area contributed by atoms with Crippen molar-refractivity contribution in [1.29, 1.82) is 0 Å². The van der Waals surface area contributed by atoms with Crippen molar-refractivity contribution in [2.75, 3.05) is 6.54 Å². The van der Waals surface area contributed by atoms with Crippen LogP contribution in [-0.4, -0.2) is 40.6 Å². The van der Waals surface area contributed by atoms with Gasteiger partial charge in [0.25, 0.3) is 5.91 Å². The minimum atomic E-state index is -0.703. The van der Waals surface area contributed by atoms with Crippen molar-refractivity contribution in [3.63, 3.8) is 0 Å². The quantitative estimate of drug-likeness (QED) is 0.687. The van der Waals surface area contributed by atoms with Gasteiger partial charge < -0.3 is 15.7 Å². The van der Waals surface area contributed by atoms with E-state index in [9.17, 15) is 14.7 Å². The first-order valence-corrected chi connectivity index (χ1v) is 10.3. The van der Waals surface area contributed by atoms with Crippen LogP contribution in [0.25, 0.3) is 0 Å². The summed E-state index contributed by atoms with van der Waals surface area (Å²) in [6.07, 6.45) is 7.80. The van der Waals surface area contributed by atoms with E-state index in [0.717, 1.165) is 12.8 Å². The Balaban J connectivity index is 1.46. The van der Waals surface area contributed by atoms with E-state index in [1.807, 2.05) is 0 Å². The number of aromatic nitrogens is 1. The predicted octanol–water partition coefficient (Wildman–Crippen LogP) is 2.33. The van der Waals surface area contributed by atoms with Gasteiger partial charge in [0.1, 0.15) is 4.88 Å². The first-order valence-electron chi connectivity index (χ1n) is 9.39. The molecule has 3 N–H and O–H groups in total. The Bertz CT molecular complexity index is 685. The van der Waals surface area contributed by atoms with E-state index in [1.54, 1.807) is 12.4 Å². The monoisotopic (exact) mass is 377 g/mol. The Morgan fingerprint density at radius 2 is 2.19 bits per heavy atom. The number of amides is 2. The summed E-state index contributed by atoms with van der Waals surface area (Å²) in [5, 5.41) is 16.3. The first kappa shape index (κ1) is 19.0. The van der Waals surface area contributed by atoms with Crippen molar-refractivity contribution >= 4 is 23.2 Å². The standard InChI is InChI=1S/C19H27N3O3S/c1-12-17(26-11-21-12)19(25)22-15-8-7-14(9-16(15)23)18(24)20-10-13-5-3-2-4-6-13/h5,11,14-16,23H,2-4,6-10H2,1H3,(H,20,24)(H,22,25)/t14-,15-,16-/m0/s1. The van der Waals surface area contributed by atoms with Crippen LogP contribution in [0.15, 0.2) is 17.2 Å². The van der Waals surface area contributed by atoms with E-state index in [0.29, 0.717) is 36.4 Å². The average molecular weight is 378 g/mol. The lowest BCUT2D eigenvalue weighted by atomic mass is 9.83. The summed E-state index contributed by atoms with van der Waals surface area (Å²) in [5.41, 5.74) is 3.65. The highest BCUT2D eigenvalue weighted by Gasteiger charge is 2.34. The van der Waals surface area contributed by atoms with Gasteiger partial charge in [-0.3, -0.25) is 9.59 Å².